The number of anilines is 2. The van der Waals surface area contributed by atoms with Crippen LogP contribution in [0.5, 0.6) is 0 Å². The molecule has 1 aliphatic rings. The van der Waals surface area contributed by atoms with Gasteiger partial charge in [0.25, 0.3) is 0 Å². The van der Waals surface area contributed by atoms with Gasteiger partial charge < -0.3 is 16.0 Å². The molecule has 1 atom stereocenters. The molecule has 0 aliphatic carbocycles. The lowest BCUT2D eigenvalue weighted by Gasteiger charge is -2.32. The van der Waals surface area contributed by atoms with Gasteiger partial charge in [0.05, 0.1) is 11.9 Å². The minimum Gasteiger partial charge on any atom is -0.384 e. The third-order valence-corrected chi connectivity index (χ3v) is 2.93. The number of nitrogens with zero attached hydrogens (tertiary/aromatic N) is 3. The molecule has 0 saturated carbocycles. The number of aromatic nitrogens is 2. The summed E-state index contributed by atoms with van der Waals surface area (Å²) in [6, 6.07) is 0.290. The maximum absolute atomic E-state index is 5.98. The molecule has 1 unspecified atom stereocenters. The second-order valence-electron chi connectivity index (χ2n) is 4.10. The van der Waals surface area contributed by atoms with Gasteiger partial charge in [-0.3, -0.25) is 4.68 Å². The normalized spacial score (nSPS) is 21.8. The van der Waals surface area contributed by atoms with E-state index in [1.165, 1.54) is 0 Å². The van der Waals surface area contributed by atoms with Crippen molar-refractivity contribution in [2.24, 2.45) is 12.8 Å². The van der Waals surface area contributed by atoms with Crippen molar-refractivity contribution in [2.45, 2.75) is 18.9 Å². The first-order chi connectivity index (χ1) is 7.22. The smallest absolute Gasteiger partial charge is 0.150 e. The van der Waals surface area contributed by atoms with Crippen LogP contribution in [0.25, 0.3) is 0 Å². The molecule has 0 spiro atoms. The summed E-state index contributed by atoms with van der Waals surface area (Å²) in [4.78, 5) is 2.31. The third kappa shape index (κ3) is 1.92. The number of hydrogen-bond acceptors (Lipinski definition) is 4. The molecular weight excluding hydrogens is 190 g/mol. The molecule has 2 rings (SSSR count). The molecule has 0 radical (unpaired) electrons. The topological polar surface area (TPSA) is 59.1 Å². The third-order valence-electron chi connectivity index (χ3n) is 2.93. The molecule has 0 amide bonds. The summed E-state index contributed by atoms with van der Waals surface area (Å²) in [5.74, 6) is 1.15. The standard InChI is InChI=1S/C10H19N5/c1-12-9-6-13-14(2)10(9)15-5-3-4-8(11)7-15/h6,8,12H,3-5,7,11H2,1-2H3. The molecule has 5 heteroatoms. The lowest BCUT2D eigenvalue weighted by atomic mass is 10.1. The molecule has 1 aromatic heterocycles. The first kappa shape index (κ1) is 10.3. The van der Waals surface area contributed by atoms with Crippen LogP contribution in [0.4, 0.5) is 11.5 Å². The van der Waals surface area contributed by atoms with Crippen LogP contribution >= 0.6 is 0 Å². The summed E-state index contributed by atoms with van der Waals surface area (Å²) >= 11 is 0. The van der Waals surface area contributed by atoms with Crippen LogP contribution in [0.3, 0.4) is 0 Å². The first-order valence-electron chi connectivity index (χ1n) is 5.42. The van der Waals surface area contributed by atoms with E-state index in [1.54, 1.807) is 0 Å². The average Bonchev–Trinajstić information content (AvgIpc) is 2.59. The van der Waals surface area contributed by atoms with Gasteiger partial charge in [-0.15, -0.1) is 0 Å². The Kier molecular flexibility index (Phi) is 2.81. The van der Waals surface area contributed by atoms with E-state index >= 15 is 0 Å². The summed E-state index contributed by atoms with van der Waals surface area (Å²) in [6.07, 6.45) is 4.15. The lowest BCUT2D eigenvalue weighted by molar-refractivity contribution is 0.497. The second-order valence-corrected chi connectivity index (χ2v) is 4.10. The van der Waals surface area contributed by atoms with Gasteiger partial charge in [0, 0.05) is 33.2 Å². The maximum atomic E-state index is 5.98. The van der Waals surface area contributed by atoms with Gasteiger partial charge in [-0.2, -0.15) is 5.10 Å². The molecule has 1 fully saturated rings. The zero-order valence-corrected chi connectivity index (χ0v) is 9.40. The van der Waals surface area contributed by atoms with Crippen molar-refractivity contribution in [1.29, 1.82) is 0 Å². The average molecular weight is 209 g/mol. The van der Waals surface area contributed by atoms with Crippen molar-refractivity contribution < 1.29 is 0 Å². The van der Waals surface area contributed by atoms with Crippen LogP contribution in [-0.4, -0.2) is 36.0 Å². The van der Waals surface area contributed by atoms with Gasteiger partial charge in [0.15, 0.2) is 0 Å². The Hall–Kier alpha value is -1.23. The number of nitrogens with two attached hydrogens (primary N) is 1. The molecule has 5 nitrogen and oxygen atoms in total. The fourth-order valence-corrected chi connectivity index (χ4v) is 2.18. The summed E-state index contributed by atoms with van der Waals surface area (Å²) in [5, 5.41) is 7.42. The Morgan fingerprint density at radius 3 is 3.07 bits per heavy atom. The summed E-state index contributed by atoms with van der Waals surface area (Å²) < 4.78 is 1.91. The highest BCUT2D eigenvalue weighted by Gasteiger charge is 2.21. The second kappa shape index (κ2) is 4.10. The van der Waals surface area contributed by atoms with Gasteiger partial charge >= 0.3 is 0 Å². The van der Waals surface area contributed by atoms with Crippen LogP contribution in [0, 0.1) is 0 Å². The molecule has 1 aliphatic heterocycles. The fourth-order valence-electron chi connectivity index (χ4n) is 2.18. The maximum Gasteiger partial charge on any atom is 0.150 e. The predicted molar refractivity (Wildman–Crippen MR) is 62.2 cm³/mol. The molecule has 2 heterocycles. The number of piperidine rings is 1. The van der Waals surface area contributed by atoms with Gasteiger partial charge in [0.1, 0.15) is 5.82 Å². The Balaban J connectivity index is 2.23. The van der Waals surface area contributed by atoms with E-state index in [4.69, 9.17) is 5.73 Å². The first-order valence-corrected chi connectivity index (χ1v) is 5.42. The van der Waals surface area contributed by atoms with Crippen LogP contribution in [0.2, 0.25) is 0 Å². The molecule has 0 bridgehead atoms. The van der Waals surface area contributed by atoms with Crippen molar-refractivity contribution in [3.63, 3.8) is 0 Å². The van der Waals surface area contributed by atoms with E-state index < -0.39 is 0 Å². The Morgan fingerprint density at radius 2 is 2.40 bits per heavy atom. The minimum atomic E-state index is 0.290. The molecule has 1 aromatic rings. The lowest BCUT2D eigenvalue weighted by Crippen LogP contribution is -2.43. The number of nitrogens with one attached hydrogen (secondary N) is 1. The van der Waals surface area contributed by atoms with Crippen molar-refractivity contribution in [2.75, 3.05) is 30.4 Å². The predicted octanol–water partition coefficient (Wildman–Crippen LogP) is 0.389. The Bertz CT molecular complexity index is 333. The van der Waals surface area contributed by atoms with Crippen LogP contribution in [0.15, 0.2) is 6.20 Å². The number of rotatable bonds is 2. The van der Waals surface area contributed by atoms with Gasteiger partial charge in [0.2, 0.25) is 0 Å². The molecular formula is C10H19N5. The van der Waals surface area contributed by atoms with Crippen molar-refractivity contribution in [1.82, 2.24) is 9.78 Å². The van der Waals surface area contributed by atoms with E-state index in [0.717, 1.165) is 37.4 Å². The van der Waals surface area contributed by atoms with Crippen molar-refractivity contribution in [3.8, 4) is 0 Å². The summed E-state index contributed by atoms with van der Waals surface area (Å²) in [5.41, 5.74) is 7.06. The van der Waals surface area contributed by atoms with Crippen LogP contribution < -0.4 is 16.0 Å². The highest BCUT2D eigenvalue weighted by Crippen LogP contribution is 2.26. The highest BCUT2D eigenvalue weighted by molar-refractivity contribution is 5.65. The highest BCUT2D eigenvalue weighted by atomic mass is 15.4. The summed E-state index contributed by atoms with van der Waals surface area (Å²) in [7, 11) is 3.89. The van der Waals surface area contributed by atoms with E-state index in [-0.39, 0.29) is 0 Å². The Labute approximate surface area is 90.2 Å². The van der Waals surface area contributed by atoms with E-state index in [2.05, 4.69) is 15.3 Å². The SMILES string of the molecule is CNc1cnn(C)c1N1CCCC(N)C1. The molecule has 84 valence electrons. The number of hydrogen-bond donors (Lipinski definition) is 2. The van der Waals surface area contributed by atoms with Crippen molar-refractivity contribution in [3.05, 3.63) is 6.20 Å². The zero-order chi connectivity index (χ0) is 10.8. The molecule has 1 saturated heterocycles. The Morgan fingerprint density at radius 1 is 1.60 bits per heavy atom. The molecule has 15 heavy (non-hydrogen) atoms. The van der Waals surface area contributed by atoms with E-state index in [9.17, 15) is 0 Å². The van der Waals surface area contributed by atoms with Crippen LogP contribution in [-0.2, 0) is 7.05 Å². The monoisotopic (exact) mass is 209 g/mol. The van der Waals surface area contributed by atoms with E-state index in [0.29, 0.717) is 6.04 Å². The molecule has 3 N–H and O–H groups in total. The van der Waals surface area contributed by atoms with Crippen LogP contribution in [0.1, 0.15) is 12.8 Å². The minimum absolute atomic E-state index is 0.290. The largest absolute Gasteiger partial charge is 0.384 e. The molecule has 0 aromatic carbocycles. The van der Waals surface area contributed by atoms with Crippen molar-refractivity contribution >= 4 is 11.5 Å². The van der Waals surface area contributed by atoms with E-state index in [1.807, 2.05) is 25.0 Å². The quantitative estimate of drug-likeness (QED) is 0.739. The van der Waals surface area contributed by atoms with Gasteiger partial charge in [-0.25, -0.2) is 0 Å². The van der Waals surface area contributed by atoms with Gasteiger partial charge in [-0.1, -0.05) is 0 Å². The fraction of sp³-hybridized carbons (Fsp3) is 0.700. The van der Waals surface area contributed by atoms with Gasteiger partial charge in [-0.05, 0) is 12.8 Å². The zero-order valence-electron chi connectivity index (χ0n) is 9.40. The summed E-state index contributed by atoms with van der Waals surface area (Å²) in [6.45, 7) is 2.00. The number of aryl methyl sites for hydroxylation is 1.